The Morgan fingerprint density at radius 2 is 2.08 bits per heavy atom. The fraction of sp³-hybridized carbons (Fsp3) is 0.200. The maximum atomic E-state index is 12.0. The smallest absolute Gasteiger partial charge is 0.273 e. The maximum absolute atomic E-state index is 12.0. The van der Waals surface area contributed by atoms with Crippen LogP contribution in [-0.4, -0.2) is 29.4 Å². The first-order chi connectivity index (χ1) is 11.4. The van der Waals surface area contributed by atoms with Crippen LogP contribution in [0.5, 0.6) is 5.75 Å². The molecule has 1 aromatic carbocycles. The van der Waals surface area contributed by atoms with Crippen molar-refractivity contribution in [1.82, 2.24) is 10.5 Å². The second-order valence-corrected chi connectivity index (χ2v) is 5.00. The van der Waals surface area contributed by atoms with Crippen LogP contribution in [-0.2, 0) is 11.3 Å². The van der Waals surface area contributed by atoms with Gasteiger partial charge in [0.1, 0.15) is 17.3 Å². The van der Waals surface area contributed by atoms with Gasteiger partial charge in [0.2, 0.25) is 0 Å². The van der Waals surface area contributed by atoms with Gasteiger partial charge in [0.25, 0.3) is 11.8 Å². The zero-order valence-electron chi connectivity index (χ0n) is 13.0. The number of nitrogens with two attached hydrogens (primary N) is 2. The number of amidine groups is 1. The first-order valence-electron chi connectivity index (χ1n) is 6.96. The third-order valence-electron chi connectivity index (χ3n) is 3.05. The summed E-state index contributed by atoms with van der Waals surface area (Å²) in [4.78, 5) is 22.9. The Labute approximate surface area is 137 Å². The van der Waals surface area contributed by atoms with Crippen molar-refractivity contribution in [3.05, 3.63) is 46.8 Å². The van der Waals surface area contributed by atoms with Gasteiger partial charge in [-0.1, -0.05) is 17.3 Å². The molecule has 2 rings (SSSR count). The molecule has 2 aromatic rings. The van der Waals surface area contributed by atoms with Crippen LogP contribution in [0.4, 0.5) is 0 Å². The largest absolute Gasteiger partial charge is 0.483 e. The second-order valence-electron chi connectivity index (χ2n) is 5.00. The highest BCUT2D eigenvalue weighted by Crippen LogP contribution is 2.20. The van der Waals surface area contributed by atoms with Crippen molar-refractivity contribution in [1.29, 1.82) is 5.41 Å². The highest BCUT2D eigenvalue weighted by Gasteiger charge is 2.13. The van der Waals surface area contributed by atoms with Crippen LogP contribution in [0.1, 0.15) is 27.4 Å². The van der Waals surface area contributed by atoms with Gasteiger partial charge in [-0.05, 0) is 13.0 Å². The first kappa shape index (κ1) is 17.0. The minimum Gasteiger partial charge on any atom is -0.483 e. The molecule has 0 bridgehead atoms. The molecular weight excluding hydrogens is 314 g/mol. The third kappa shape index (κ3) is 4.32. The Morgan fingerprint density at radius 1 is 1.33 bits per heavy atom. The number of carbonyl (C=O) groups excluding carboxylic acids is 2. The number of hydrogen-bond acceptors (Lipinski definition) is 6. The monoisotopic (exact) mass is 331 g/mol. The summed E-state index contributed by atoms with van der Waals surface area (Å²) in [5, 5.41) is 13.7. The van der Waals surface area contributed by atoms with E-state index in [-0.39, 0.29) is 24.7 Å². The van der Waals surface area contributed by atoms with Gasteiger partial charge in [-0.15, -0.1) is 0 Å². The fourth-order valence-electron chi connectivity index (χ4n) is 1.89. The second kappa shape index (κ2) is 7.27. The van der Waals surface area contributed by atoms with Crippen molar-refractivity contribution in [3.63, 3.8) is 0 Å². The molecule has 0 aliphatic rings. The summed E-state index contributed by atoms with van der Waals surface area (Å²) in [7, 11) is 0. The average molecular weight is 331 g/mol. The van der Waals surface area contributed by atoms with Gasteiger partial charge in [0, 0.05) is 23.7 Å². The first-order valence-corrected chi connectivity index (χ1v) is 6.96. The average Bonchev–Trinajstić information content (AvgIpc) is 2.97. The normalized spacial score (nSPS) is 10.2. The molecule has 2 amide bonds. The minimum absolute atomic E-state index is 0.122. The van der Waals surface area contributed by atoms with Crippen molar-refractivity contribution >= 4 is 17.6 Å². The number of amides is 2. The molecule has 1 aromatic heterocycles. The van der Waals surface area contributed by atoms with Gasteiger partial charge in [-0.25, -0.2) is 0 Å². The number of nitrogen functional groups attached to an aromatic ring is 1. The topological polar surface area (TPSA) is 157 Å². The summed E-state index contributed by atoms with van der Waals surface area (Å²) >= 11 is 0. The summed E-state index contributed by atoms with van der Waals surface area (Å²) in [6.07, 6.45) is 0. The zero-order chi connectivity index (χ0) is 17.7. The lowest BCUT2D eigenvalue weighted by Crippen LogP contribution is -2.25. The number of aromatic nitrogens is 1. The zero-order valence-corrected chi connectivity index (χ0v) is 13.0. The summed E-state index contributed by atoms with van der Waals surface area (Å²) in [5.74, 6) is -0.373. The number of hydrogen-bond donors (Lipinski definition) is 4. The summed E-state index contributed by atoms with van der Waals surface area (Å²) in [6, 6.07) is 6.27. The minimum atomic E-state index is -0.642. The summed E-state index contributed by atoms with van der Waals surface area (Å²) in [5.41, 5.74) is 11.7. The van der Waals surface area contributed by atoms with E-state index < -0.39 is 11.8 Å². The van der Waals surface area contributed by atoms with E-state index in [2.05, 4.69) is 10.5 Å². The van der Waals surface area contributed by atoms with Gasteiger partial charge >= 0.3 is 0 Å². The Morgan fingerprint density at radius 3 is 2.67 bits per heavy atom. The van der Waals surface area contributed by atoms with Crippen molar-refractivity contribution in [2.24, 2.45) is 11.5 Å². The molecule has 0 saturated heterocycles. The molecule has 0 saturated carbocycles. The molecule has 126 valence electrons. The molecule has 9 nitrogen and oxygen atoms in total. The Kier molecular flexibility index (Phi) is 5.15. The molecule has 0 atom stereocenters. The van der Waals surface area contributed by atoms with Crippen molar-refractivity contribution < 1.29 is 18.8 Å². The molecule has 9 heteroatoms. The fourth-order valence-corrected chi connectivity index (χ4v) is 1.89. The number of benzene rings is 1. The molecule has 0 spiro atoms. The van der Waals surface area contributed by atoms with E-state index in [0.29, 0.717) is 22.6 Å². The quantitative estimate of drug-likeness (QED) is 0.415. The van der Waals surface area contributed by atoms with E-state index in [1.807, 2.05) is 0 Å². The predicted octanol–water partition coefficient (Wildman–Crippen LogP) is 0.0612. The van der Waals surface area contributed by atoms with Crippen molar-refractivity contribution in [3.8, 4) is 5.75 Å². The van der Waals surface area contributed by atoms with E-state index in [1.165, 1.54) is 12.1 Å². The predicted molar refractivity (Wildman–Crippen MR) is 84.6 cm³/mol. The lowest BCUT2D eigenvalue weighted by molar-refractivity contribution is -0.119. The van der Waals surface area contributed by atoms with Crippen LogP contribution in [0.25, 0.3) is 0 Å². The lowest BCUT2D eigenvalue weighted by Gasteiger charge is -2.12. The van der Waals surface area contributed by atoms with Crippen LogP contribution < -0.4 is 21.5 Å². The molecule has 24 heavy (non-hydrogen) atoms. The Bertz CT molecular complexity index is 784. The van der Waals surface area contributed by atoms with Gasteiger partial charge in [-0.2, -0.15) is 0 Å². The summed E-state index contributed by atoms with van der Waals surface area (Å²) < 4.78 is 10.2. The molecule has 0 fully saturated rings. The van der Waals surface area contributed by atoms with Crippen molar-refractivity contribution in [2.45, 2.75) is 13.5 Å². The highest BCUT2D eigenvalue weighted by atomic mass is 16.5. The number of nitrogens with zero attached hydrogens (tertiary/aromatic N) is 1. The van der Waals surface area contributed by atoms with Crippen LogP contribution in [0.15, 0.2) is 28.8 Å². The molecule has 6 N–H and O–H groups in total. The number of nitrogens with one attached hydrogen (secondary N) is 2. The van der Waals surface area contributed by atoms with E-state index in [9.17, 15) is 9.59 Å². The molecule has 0 radical (unpaired) electrons. The molecule has 1 heterocycles. The van der Waals surface area contributed by atoms with E-state index in [0.717, 1.165) is 0 Å². The van der Waals surface area contributed by atoms with Crippen LogP contribution in [0.3, 0.4) is 0 Å². The maximum Gasteiger partial charge on any atom is 0.273 e. The molecule has 0 aliphatic heterocycles. The van der Waals surface area contributed by atoms with Gasteiger partial charge < -0.3 is 26.0 Å². The third-order valence-corrected chi connectivity index (χ3v) is 3.05. The van der Waals surface area contributed by atoms with Crippen LogP contribution >= 0.6 is 0 Å². The molecule has 0 unspecified atom stereocenters. The van der Waals surface area contributed by atoms with Gasteiger partial charge in [0.05, 0.1) is 0 Å². The standard InChI is InChI=1S/C15H17N5O4/c1-8-4-11(20-24-8)15(22)19-6-10-3-2-9(14(17)18)5-12(10)23-7-13(16)21/h2-5H,6-7H2,1H3,(H2,16,21)(H3,17,18)(H,19,22). The SMILES string of the molecule is Cc1cc(C(=O)NCc2ccc(C(=N)N)cc2OCC(N)=O)no1. The number of carbonyl (C=O) groups is 2. The van der Waals surface area contributed by atoms with Crippen LogP contribution in [0, 0.1) is 12.3 Å². The van der Waals surface area contributed by atoms with Crippen molar-refractivity contribution in [2.75, 3.05) is 6.61 Å². The highest BCUT2D eigenvalue weighted by molar-refractivity contribution is 5.95. The number of primary amides is 1. The van der Waals surface area contributed by atoms with Gasteiger partial charge in [-0.3, -0.25) is 15.0 Å². The summed E-state index contributed by atoms with van der Waals surface area (Å²) in [6.45, 7) is 1.47. The molecular formula is C15H17N5O4. The van der Waals surface area contributed by atoms with E-state index >= 15 is 0 Å². The lowest BCUT2D eigenvalue weighted by atomic mass is 10.1. The number of aryl methyl sites for hydroxylation is 1. The van der Waals surface area contributed by atoms with E-state index in [1.54, 1.807) is 19.1 Å². The molecule has 0 aliphatic carbocycles. The Hall–Kier alpha value is -3.36. The van der Waals surface area contributed by atoms with E-state index in [4.69, 9.17) is 26.1 Å². The van der Waals surface area contributed by atoms with Crippen LogP contribution in [0.2, 0.25) is 0 Å². The number of rotatable bonds is 7. The van der Waals surface area contributed by atoms with Gasteiger partial charge in [0.15, 0.2) is 12.3 Å². The number of ether oxygens (including phenoxy) is 1. The Balaban J connectivity index is 2.13.